The van der Waals surface area contributed by atoms with Gasteiger partial charge in [-0.2, -0.15) is 0 Å². The molecule has 13 nitrogen and oxygen atoms in total. The second-order valence-corrected chi connectivity index (χ2v) is 11.4. The van der Waals surface area contributed by atoms with Crippen LogP contribution >= 0.6 is 63.7 Å². The van der Waals surface area contributed by atoms with Crippen molar-refractivity contribution < 1.29 is 14.3 Å². The molecule has 4 aromatic rings. The van der Waals surface area contributed by atoms with Crippen LogP contribution in [0.15, 0.2) is 42.6 Å². The van der Waals surface area contributed by atoms with Crippen LogP contribution < -0.4 is 22.5 Å². The van der Waals surface area contributed by atoms with Crippen molar-refractivity contribution in [2.75, 3.05) is 24.6 Å². The summed E-state index contributed by atoms with van der Waals surface area (Å²) in [6, 6.07) is 3.25. The zero-order valence-corrected chi connectivity index (χ0v) is 26.2. The number of anilines is 2. The van der Waals surface area contributed by atoms with E-state index in [0.717, 1.165) is 4.47 Å². The van der Waals surface area contributed by atoms with Gasteiger partial charge in [-0.1, -0.05) is 6.08 Å². The number of hydrogen-bond donors (Lipinski definition) is 8. The summed E-state index contributed by atoms with van der Waals surface area (Å²) >= 11 is 13.3. The summed E-state index contributed by atoms with van der Waals surface area (Å²) in [7, 11) is 0. The number of imidazole rings is 2. The third-order valence-electron chi connectivity index (χ3n) is 5.47. The van der Waals surface area contributed by atoms with Gasteiger partial charge in [0.15, 0.2) is 11.9 Å². The number of carbonyl (C=O) groups is 2. The monoisotopic (exact) mass is 790 g/mol. The molecule has 4 heterocycles. The maximum absolute atomic E-state index is 12.9. The fourth-order valence-electron chi connectivity index (χ4n) is 3.75. The van der Waals surface area contributed by atoms with Crippen LogP contribution in [0.4, 0.5) is 11.9 Å². The Morgan fingerprint density at radius 3 is 2.23 bits per heavy atom. The quantitative estimate of drug-likeness (QED) is 0.110. The Kier molecular flexibility index (Phi) is 9.37. The van der Waals surface area contributed by atoms with Gasteiger partial charge in [0, 0.05) is 18.8 Å². The highest BCUT2D eigenvalue weighted by atomic mass is 79.9. The molecule has 1 amide bonds. The second-order valence-electron chi connectivity index (χ2n) is 8.10. The van der Waals surface area contributed by atoms with Crippen molar-refractivity contribution in [3.63, 3.8) is 0 Å². The van der Waals surface area contributed by atoms with Crippen LogP contribution in [0.5, 0.6) is 0 Å². The van der Waals surface area contributed by atoms with Crippen LogP contribution in [0.3, 0.4) is 0 Å². The molecule has 0 bridgehead atoms. The average Bonchev–Trinajstić information content (AvgIpc) is 3.65. The highest BCUT2D eigenvalue weighted by Crippen LogP contribution is 2.32. The topological polar surface area (TPSA) is 222 Å². The lowest BCUT2D eigenvalue weighted by Crippen LogP contribution is -2.34. The number of H-pyrrole nitrogens is 4. The number of carbonyl (C=O) groups excluding carboxylic acids is 2. The van der Waals surface area contributed by atoms with Crippen LogP contribution in [-0.4, -0.2) is 61.0 Å². The molecule has 0 fully saturated rings. The number of amides is 1. The molecule has 0 aliphatic rings. The van der Waals surface area contributed by atoms with Crippen LogP contribution in [0.2, 0.25) is 0 Å². The first-order chi connectivity index (χ1) is 18.6. The third-order valence-corrected chi connectivity index (χ3v) is 9.04. The van der Waals surface area contributed by atoms with Gasteiger partial charge in [0.1, 0.15) is 17.5 Å². The largest absolute Gasteiger partial charge is 0.455 e. The predicted octanol–water partition coefficient (Wildman–Crippen LogP) is 3.76. The molecule has 0 saturated heterocycles. The van der Waals surface area contributed by atoms with Crippen molar-refractivity contribution in [3.8, 4) is 0 Å². The molecule has 4 aromatic heterocycles. The van der Waals surface area contributed by atoms with Crippen molar-refractivity contribution in [3.05, 3.63) is 71.0 Å². The summed E-state index contributed by atoms with van der Waals surface area (Å²) in [6.45, 7) is 0.157. The number of nitrogens with two attached hydrogens (primary N) is 3. The summed E-state index contributed by atoms with van der Waals surface area (Å²) < 4.78 is 8.46. The van der Waals surface area contributed by atoms with E-state index >= 15 is 0 Å². The first kappa shape index (κ1) is 29.1. The Hall–Kier alpha value is -2.86. The Morgan fingerprint density at radius 1 is 1.00 bits per heavy atom. The lowest BCUT2D eigenvalue weighted by molar-refractivity contribution is 0.0273. The van der Waals surface area contributed by atoms with Crippen LogP contribution in [0, 0.1) is 0 Å². The zero-order valence-electron chi connectivity index (χ0n) is 19.8. The smallest absolute Gasteiger partial charge is 0.355 e. The number of halogens is 4. The standard InChI is InChI=1S/C22H22Br4N10O3/c23-8-4-11(32-17(8)25)19(37)30-3-1-2-10-16(36-22(29)34-10)15(13-7-31-21(28)35-13)14(6-27)39-20(38)12-5-9(24)18(26)33-12/h1-2,4-5,7,14-15,32-33H,3,6,27H2,(H,30,37)(H3,28,31,35)(H3,29,34,36)/b2-1+/t14-,15+/m0/s1. The van der Waals surface area contributed by atoms with Crippen LogP contribution in [-0.2, 0) is 4.74 Å². The maximum Gasteiger partial charge on any atom is 0.355 e. The number of aromatic amines is 4. The van der Waals surface area contributed by atoms with Gasteiger partial charge in [0.2, 0.25) is 0 Å². The molecular weight excluding hydrogens is 772 g/mol. The fourth-order valence-corrected chi connectivity index (χ4v) is 5.06. The molecule has 206 valence electrons. The van der Waals surface area contributed by atoms with Gasteiger partial charge in [-0.25, -0.2) is 14.8 Å². The van der Waals surface area contributed by atoms with E-state index in [1.165, 1.54) is 6.20 Å². The molecule has 17 heteroatoms. The Labute approximate surface area is 255 Å². The number of nitrogens with one attached hydrogen (secondary N) is 5. The van der Waals surface area contributed by atoms with Crippen molar-refractivity contribution in [1.29, 1.82) is 0 Å². The highest BCUT2D eigenvalue weighted by molar-refractivity contribution is 9.13. The molecule has 4 rings (SSSR count). The van der Waals surface area contributed by atoms with E-state index in [-0.39, 0.29) is 36.6 Å². The van der Waals surface area contributed by atoms with Gasteiger partial charge in [0.25, 0.3) is 5.91 Å². The number of hydrogen-bond acceptors (Lipinski definition) is 8. The molecule has 0 aromatic carbocycles. The van der Waals surface area contributed by atoms with E-state index in [2.05, 4.69) is 98.9 Å². The number of rotatable bonds is 10. The summed E-state index contributed by atoms with van der Waals surface area (Å²) in [5, 5.41) is 2.78. The normalized spacial score (nSPS) is 13.1. The van der Waals surface area contributed by atoms with E-state index in [9.17, 15) is 9.59 Å². The third kappa shape index (κ3) is 6.84. The lowest BCUT2D eigenvalue weighted by Gasteiger charge is -2.25. The Morgan fingerprint density at radius 2 is 1.67 bits per heavy atom. The first-order valence-corrected chi connectivity index (χ1v) is 14.3. The van der Waals surface area contributed by atoms with Crippen molar-refractivity contribution in [2.45, 2.75) is 12.0 Å². The van der Waals surface area contributed by atoms with E-state index in [0.29, 0.717) is 36.5 Å². The molecule has 0 spiro atoms. The first-order valence-electron chi connectivity index (χ1n) is 11.2. The zero-order chi connectivity index (χ0) is 28.3. The molecule has 0 saturated carbocycles. The summed E-state index contributed by atoms with van der Waals surface area (Å²) in [4.78, 5) is 45.6. The van der Waals surface area contributed by atoms with E-state index in [4.69, 9.17) is 21.9 Å². The predicted molar refractivity (Wildman–Crippen MR) is 160 cm³/mol. The molecule has 0 unspecified atom stereocenters. The molecule has 0 aliphatic carbocycles. The number of esters is 1. The van der Waals surface area contributed by atoms with Crippen molar-refractivity contribution in [2.24, 2.45) is 5.73 Å². The molecule has 0 radical (unpaired) electrons. The van der Waals surface area contributed by atoms with Crippen molar-refractivity contribution in [1.82, 2.24) is 35.2 Å². The van der Waals surface area contributed by atoms with Gasteiger partial charge in [-0.3, -0.25) is 4.79 Å². The lowest BCUT2D eigenvalue weighted by atomic mass is 9.93. The van der Waals surface area contributed by atoms with Gasteiger partial charge in [-0.15, -0.1) is 0 Å². The van der Waals surface area contributed by atoms with E-state index < -0.39 is 18.0 Å². The van der Waals surface area contributed by atoms with Crippen LogP contribution in [0.1, 0.15) is 44.0 Å². The number of nitrogen functional groups attached to an aromatic ring is 2. The Balaban J connectivity index is 1.58. The second kappa shape index (κ2) is 12.5. The molecule has 0 aliphatic heterocycles. The van der Waals surface area contributed by atoms with Gasteiger partial charge >= 0.3 is 5.97 Å². The van der Waals surface area contributed by atoms with Crippen molar-refractivity contribution >= 4 is 93.6 Å². The summed E-state index contributed by atoms with van der Waals surface area (Å²) in [5.41, 5.74) is 20.0. The molecular formula is C22H22Br4N10O3. The molecule has 39 heavy (non-hydrogen) atoms. The minimum absolute atomic E-state index is 0.0439. The van der Waals surface area contributed by atoms with E-state index in [1.54, 1.807) is 24.3 Å². The average molecular weight is 794 g/mol. The molecule has 11 N–H and O–H groups in total. The van der Waals surface area contributed by atoms with E-state index in [1.807, 2.05) is 0 Å². The fraction of sp³-hybridized carbons (Fsp3) is 0.182. The summed E-state index contributed by atoms with van der Waals surface area (Å²) in [5.74, 6) is -1.30. The number of ether oxygens (including phenoxy) is 1. The van der Waals surface area contributed by atoms with Gasteiger partial charge < -0.3 is 47.2 Å². The minimum atomic E-state index is -0.866. The van der Waals surface area contributed by atoms with Gasteiger partial charge in [0.05, 0.1) is 41.7 Å². The van der Waals surface area contributed by atoms with Gasteiger partial charge in [-0.05, 0) is 81.9 Å². The minimum Gasteiger partial charge on any atom is -0.455 e. The van der Waals surface area contributed by atoms with Crippen LogP contribution in [0.25, 0.3) is 6.08 Å². The number of aromatic nitrogens is 6. The molecule has 2 atom stereocenters. The maximum atomic E-state index is 12.9. The highest BCUT2D eigenvalue weighted by Gasteiger charge is 2.33. The Bertz CT molecular complexity index is 1480. The summed E-state index contributed by atoms with van der Waals surface area (Å²) in [6.07, 6.45) is 4.05. The number of nitrogens with zero attached hydrogens (tertiary/aromatic N) is 2. The SMILES string of the molecule is NC[C@H](OC(=O)c1cc(Br)c(Br)[nH]1)[C@@H](c1cnc(N)[nH]1)c1[nH]c(N)nc1/C=C/CNC(=O)c1cc(Br)c(Br)[nH]1.